The molecule has 1 atom stereocenters. The third-order valence-electron chi connectivity index (χ3n) is 3.05. The Morgan fingerprint density at radius 3 is 2.06 bits per heavy atom. The third kappa shape index (κ3) is 2.28. The maximum absolute atomic E-state index is 13.2. The molecule has 0 bridgehead atoms. The highest BCUT2D eigenvalue weighted by molar-refractivity contribution is 5.75. The molecule has 0 amide bonds. The van der Waals surface area contributed by atoms with Gasteiger partial charge in [-0.25, -0.2) is 4.39 Å². The molecule has 0 spiro atoms. The summed E-state index contributed by atoms with van der Waals surface area (Å²) in [4.78, 5) is 10.8. The number of aliphatic hydroxyl groups is 1. The first-order valence-electron chi connectivity index (χ1n) is 4.82. The highest BCUT2D eigenvalue weighted by Crippen LogP contribution is 2.46. The van der Waals surface area contributed by atoms with E-state index in [1.165, 1.54) is 0 Å². The zero-order valence-corrected chi connectivity index (χ0v) is 8.30. The van der Waals surface area contributed by atoms with Gasteiger partial charge in [0, 0.05) is 0 Å². The lowest BCUT2D eigenvalue weighted by Gasteiger charge is -2.37. The van der Waals surface area contributed by atoms with Crippen molar-refractivity contribution in [3.8, 4) is 0 Å². The molecule has 1 fully saturated rings. The number of carboxylic acid groups (broad SMARTS) is 1. The third-order valence-corrected chi connectivity index (χ3v) is 3.05. The van der Waals surface area contributed by atoms with Gasteiger partial charge in [-0.05, 0) is 25.7 Å². The van der Waals surface area contributed by atoms with Crippen molar-refractivity contribution in [2.45, 2.75) is 44.1 Å². The van der Waals surface area contributed by atoms with Crippen LogP contribution in [0.2, 0.25) is 0 Å². The molecule has 0 aromatic heterocycles. The summed E-state index contributed by atoms with van der Waals surface area (Å²) in [5, 5.41) is 17.9. The summed E-state index contributed by atoms with van der Waals surface area (Å²) in [6.45, 7) is 0. The summed E-state index contributed by atoms with van der Waals surface area (Å²) < 4.78 is 49.9. The molecule has 0 aromatic rings. The Labute approximate surface area is 89.1 Å². The van der Waals surface area contributed by atoms with E-state index in [0.717, 1.165) is 0 Å². The molecule has 0 heterocycles. The Kier molecular flexibility index (Phi) is 3.47. The van der Waals surface area contributed by atoms with Crippen LogP contribution in [0.15, 0.2) is 0 Å². The Balaban J connectivity index is 2.94. The van der Waals surface area contributed by atoms with E-state index >= 15 is 0 Å². The number of hydrogen-bond acceptors (Lipinski definition) is 2. The van der Waals surface area contributed by atoms with Gasteiger partial charge in [-0.1, -0.05) is 0 Å². The molecule has 0 aromatic carbocycles. The Morgan fingerprint density at radius 2 is 1.75 bits per heavy atom. The van der Waals surface area contributed by atoms with Crippen LogP contribution in [0.3, 0.4) is 0 Å². The number of carbonyl (C=O) groups is 1. The van der Waals surface area contributed by atoms with Crippen LogP contribution in [0.5, 0.6) is 0 Å². The number of aliphatic carboxylic acids is 1. The molecule has 0 aliphatic heterocycles. The van der Waals surface area contributed by atoms with Crippen LogP contribution in [0.4, 0.5) is 17.6 Å². The van der Waals surface area contributed by atoms with E-state index < -0.39 is 42.7 Å². The summed E-state index contributed by atoms with van der Waals surface area (Å²) >= 11 is 0. The monoisotopic (exact) mass is 244 g/mol. The molecule has 1 aliphatic carbocycles. The molecular formula is C9H12F4O3. The standard InChI is InChI=1S/C9H12F4O3/c10-6(9(11,12)13)8(7(15)16)3-1-5(14)2-4-8/h5-6,14H,1-4H2,(H,15,16). The topological polar surface area (TPSA) is 57.5 Å². The van der Waals surface area contributed by atoms with Gasteiger partial charge in [0.1, 0.15) is 5.41 Å². The molecule has 16 heavy (non-hydrogen) atoms. The van der Waals surface area contributed by atoms with Crippen LogP contribution >= 0.6 is 0 Å². The summed E-state index contributed by atoms with van der Waals surface area (Å²) in [7, 11) is 0. The van der Waals surface area contributed by atoms with Gasteiger partial charge in [0.2, 0.25) is 6.17 Å². The summed E-state index contributed by atoms with van der Waals surface area (Å²) in [6, 6.07) is 0. The maximum Gasteiger partial charge on any atom is 0.420 e. The molecule has 2 N–H and O–H groups in total. The highest BCUT2D eigenvalue weighted by atomic mass is 19.4. The average molecular weight is 244 g/mol. The quantitative estimate of drug-likeness (QED) is 0.729. The molecule has 7 heteroatoms. The van der Waals surface area contributed by atoms with E-state index in [0.29, 0.717) is 0 Å². The van der Waals surface area contributed by atoms with Crippen molar-refractivity contribution in [2.24, 2.45) is 5.41 Å². The first kappa shape index (κ1) is 13.2. The zero-order valence-electron chi connectivity index (χ0n) is 8.30. The van der Waals surface area contributed by atoms with Crippen molar-refractivity contribution >= 4 is 5.97 Å². The second kappa shape index (κ2) is 4.20. The molecule has 3 nitrogen and oxygen atoms in total. The largest absolute Gasteiger partial charge is 0.481 e. The number of rotatable bonds is 2. The molecule has 1 unspecified atom stereocenters. The van der Waals surface area contributed by atoms with Crippen molar-refractivity contribution in [3.63, 3.8) is 0 Å². The van der Waals surface area contributed by atoms with Crippen molar-refractivity contribution < 1.29 is 32.6 Å². The molecule has 1 saturated carbocycles. The van der Waals surface area contributed by atoms with Gasteiger partial charge < -0.3 is 10.2 Å². The van der Waals surface area contributed by atoms with E-state index in [-0.39, 0.29) is 12.8 Å². The highest BCUT2D eigenvalue weighted by Gasteiger charge is 2.59. The van der Waals surface area contributed by atoms with Crippen molar-refractivity contribution in [2.75, 3.05) is 0 Å². The Bertz CT molecular complexity index is 268. The van der Waals surface area contributed by atoms with Gasteiger partial charge in [0.15, 0.2) is 0 Å². The van der Waals surface area contributed by atoms with Gasteiger partial charge in [-0.3, -0.25) is 4.79 Å². The summed E-state index contributed by atoms with van der Waals surface area (Å²) in [5.74, 6) is -1.79. The number of halogens is 4. The molecule has 1 aliphatic rings. The fraction of sp³-hybridized carbons (Fsp3) is 0.889. The molecule has 0 saturated heterocycles. The number of hydrogen-bond donors (Lipinski definition) is 2. The van der Waals surface area contributed by atoms with Crippen LogP contribution in [0.1, 0.15) is 25.7 Å². The average Bonchev–Trinajstić information content (AvgIpc) is 2.16. The molecular weight excluding hydrogens is 232 g/mol. The lowest BCUT2D eigenvalue weighted by molar-refractivity contribution is -0.226. The van der Waals surface area contributed by atoms with Crippen LogP contribution < -0.4 is 0 Å². The lowest BCUT2D eigenvalue weighted by atomic mass is 9.70. The summed E-state index contributed by atoms with van der Waals surface area (Å²) in [6.07, 6.45) is -10.6. The van der Waals surface area contributed by atoms with Gasteiger partial charge in [-0.15, -0.1) is 0 Å². The predicted octanol–water partition coefficient (Wildman–Crippen LogP) is 1.89. The van der Waals surface area contributed by atoms with Crippen LogP contribution in [-0.2, 0) is 4.79 Å². The van der Waals surface area contributed by atoms with Crippen LogP contribution in [0.25, 0.3) is 0 Å². The van der Waals surface area contributed by atoms with Crippen molar-refractivity contribution in [1.29, 1.82) is 0 Å². The zero-order chi connectivity index (χ0) is 12.6. The fourth-order valence-corrected chi connectivity index (χ4v) is 2.01. The number of carboxylic acids is 1. The van der Waals surface area contributed by atoms with E-state index in [1.807, 2.05) is 0 Å². The Hall–Kier alpha value is -0.850. The van der Waals surface area contributed by atoms with Gasteiger partial charge in [-0.2, -0.15) is 13.2 Å². The SMILES string of the molecule is O=C(O)C1(C(F)C(F)(F)F)CCC(O)CC1. The minimum atomic E-state index is -5.18. The van der Waals surface area contributed by atoms with Gasteiger partial charge in [0.05, 0.1) is 6.10 Å². The van der Waals surface area contributed by atoms with Crippen LogP contribution in [0, 0.1) is 5.41 Å². The normalized spacial score (nSPS) is 33.4. The van der Waals surface area contributed by atoms with E-state index in [4.69, 9.17) is 10.2 Å². The van der Waals surface area contributed by atoms with Gasteiger partial charge in [0.25, 0.3) is 0 Å². The fourth-order valence-electron chi connectivity index (χ4n) is 2.01. The van der Waals surface area contributed by atoms with Crippen molar-refractivity contribution in [3.05, 3.63) is 0 Å². The molecule has 1 rings (SSSR count). The van der Waals surface area contributed by atoms with E-state index in [1.54, 1.807) is 0 Å². The molecule has 0 radical (unpaired) electrons. The summed E-state index contributed by atoms with van der Waals surface area (Å²) in [5.41, 5.74) is -2.43. The first-order valence-corrected chi connectivity index (χ1v) is 4.82. The maximum atomic E-state index is 13.2. The molecule has 94 valence electrons. The predicted molar refractivity (Wildman–Crippen MR) is 45.5 cm³/mol. The van der Waals surface area contributed by atoms with E-state index in [2.05, 4.69) is 0 Å². The minimum absolute atomic E-state index is 0.122. The van der Waals surface area contributed by atoms with Crippen molar-refractivity contribution in [1.82, 2.24) is 0 Å². The second-order valence-electron chi connectivity index (χ2n) is 4.10. The first-order chi connectivity index (χ1) is 7.20. The second-order valence-corrected chi connectivity index (χ2v) is 4.10. The van der Waals surface area contributed by atoms with Crippen LogP contribution in [-0.4, -0.2) is 34.6 Å². The number of alkyl halides is 4. The van der Waals surface area contributed by atoms with E-state index in [9.17, 15) is 22.4 Å². The Morgan fingerprint density at radius 1 is 1.31 bits per heavy atom. The number of aliphatic hydroxyl groups excluding tert-OH is 1. The lowest BCUT2D eigenvalue weighted by Crippen LogP contribution is -2.50. The smallest absolute Gasteiger partial charge is 0.420 e. The minimum Gasteiger partial charge on any atom is -0.481 e. The van der Waals surface area contributed by atoms with Gasteiger partial charge >= 0.3 is 12.1 Å².